The molecule has 2 atom stereocenters. The summed E-state index contributed by atoms with van der Waals surface area (Å²) in [4.78, 5) is 1.97. The molecule has 2 rings (SSSR count). The summed E-state index contributed by atoms with van der Waals surface area (Å²) in [5.74, 6) is -1.19. The molecule has 0 heterocycles. The molecule has 0 aliphatic heterocycles. The predicted molar refractivity (Wildman–Crippen MR) is 108 cm³/mol. The highest BCUT2D eigenvalue weighted by atomic mass is 79.9. The van der Waals surface area contributed by atoms with Gasteiger partial charge in [0.25, 0.3) is 7.37 Å². The van der Waals surface area contributed by atoms with Crippen LogP contribution in [0.5, 0.6) is 0 Å². The number of nitrogens with zero attached hydrogens (tertiary/aromatic N) is 1. The third kappa shape index (κ3) is 4.95. The van der Waals surface area contributed by atoms with Gasteiger partial charge in [-0.05, 0) is 48.4 Å². The molecule has 0 radical (unpaired) electrons. The zero-order chi connectivity index (χ0) is 18.4. The van der Waals surface area contributed by atoms with Crippen molar-refractivity contribution in [2.24, 2.45) is 0 Å². The second-order valence-corrected chi connectivity index (χ2v) is 9.49. The number of aliphatic hydroxyl groups excluding tert-OH is 1. The van der Waals surface area contributed by atoms with E-state index in [0.717, 1.165) is 23.0 Å². The van der Waals surface area contributed by atoms with E-state index >= 15 is 0 Å². The summed E-state index contributed by atoms with van der Waals surface area (Å²) in [7, 11) is 0.437. The fraction of sp³-hybridized carbons (Fsp3) is 0.368. The van der Waals surface area contributed by atoms with Crippen LogP contribution in [-0.4, -0.2) is 25.8 Å². The Balaban J connectivity index is 2.38. The van der Waals surface area contributed by atoms with Crippen LogP contribution in [0.15, 0.2) is 53.0 Å². The molecule has 136 valence electrons. The molecule has 0 aliphatic rings. The number of anilines is 1. The van der Waals surface area contributed by atoms with E-state index in [1.807, 2.05) is 50.2 Å². The van der Waals surface area contributed by atoms with Crippen LogP contribution in [0.2, 0.25) is 0 Å². The monoisotopic (exact) mass is 425 g/mol. The van der Waals surface area contributed by atoms with Gasteiger partial charge in [0.15, 0.2) is 5.85 Å². The minimum Gasteiger partial charge on any atom is -0.378 e. The van der Waals surface area contributed by atoms with Gasteiger partial charge in [-0.2, -0.15) is 0 Å². The molecule has 0 fully saturated rings. The molecule has 0 amide bonds. The first-order valence-electron chi connectivity index (χ1n) is 8.34. The molecule has 0 unspecified atom stereocenters. The first kappa shape index (κ1) is 20.2. The summed E-state index contributed by atoms with van der Waals surface area (Å²) >= 11 is 3.38. The first-order valence-corrected chi connectivity index (χ1v) is 10.8. The van der Waals surface area contributed by atoms with Crippen molar-refractivity contribution in [2.45, 2.75) is 25.6 Å². The molecule has 0 aliphatic carbocycles. The normalized spacial score (nSPS) is 14.8. The third-order valence-corrected chi connectivity index (χ3v) is 7.05. The number of aliphatic hydroxyl groups is 1. The maximum absolute atomic E-state index is 13.7. The van der Waals surface area contributed by atoms with Crippen LogP contribution in [0.3, 0.4) is 0 Å². The predicted octanol–water partition coefficient (Wildman–Crippen LogP) is 4.93. The number of benzene rings is 2. The Labute approximate surface area is 158 Å². The zero-order valence-electron chi connectivity index (χ0n) is 14.9. The number of hydrogen-bond acceptors (Lipinski definition) is 4. The average Bonchev–Trinajstić information content (AvgIpc) is 2.62. The van der Waals surface area contributed by atoms with Crippen molar-refractivity contribution in [3.63, 3.8) is 0 Å². The van der Waals surface area contributed by atoms with E-state index in [-0.39, 0.29) is 0 Å². The van der Waals surface area contributed by atoms with Gasteiger partial charge in [-0.3, -0.25) is 4.57 Å². The minimum absolute atomic E-state index is 0.358. The lowest BCUT2D eigenvalue weighted by molar-refractivity contribution is 0.213. The van der Waals surface area contributed by atoms with Crippen molar-refractivity contribution in [1.29, 1.82) is 0 Å². The molecule has 25 heavy (non-hydrogen) atoms. The summed E-state index contributed by atoms with van der Waals surface area (Å²) in [6, 6.07) is 14.5. The standard InChI is InChI=1S/C19H25BrNO3P/c1-4-5-14-24-25(23,18-12-10-17(11-13-18)21(2)3)19(22)15-6-8-16(20)9-7-15/h6-13,19,22H,4-5,14H2,1-3H3/t19-,25-/m1/s1. The van der Waals surface area contributed by atoms with Gasteiger partial charge in [0.1, 0.15) is 0 Å². The average molecular weight is 426 g/mol. The maximum Gasteiger partial charge on any atom is 0.264 e. The quantitative estimate of drug-likeness (QED) is 0.481. The topological polar surface area (TPSA) is 49.8 Å². The van der Waals surface area contributed by atoms with Crippen LogP contribution in [0, 0.1) is 0 Å². The van der Waals surface area contributed by atoms with E-state index in [1.54, 1.807) is 24.3 Å². The van der Waals surface area contributed by atoms with Gasteiger partial charge in [0.05, 0.1) is 6.61 Å². The molecular formula is C19H25BrNO3P. The van der Waals surface area contributed by atoms with Crippen LogP contribution in [0.1, 0.15) is 31.2 Å². The lowest BCUT2D eigenvalue weighted by Gasteiger charge is -2.25. The fourth-order valence-corrected chi connectivity index (χ4v) is 4.79. The largest absolute Gasteiger partial charge is 0.378 e. The van der Waals surface area contributed by atoms with Crippen LogP contribution in [0.25, 0.3) is 0 Å². The molecular weight excluding hydrogens is 401 g/mol. The van der Waals surface area contributed by atoms with E-state index in [0.29, 0.717) is 17.5 Å². The van der Waals surface area contributed by atoms with Gasteiger partial charge in [-0.1, -0.05) is 41.4 Å². The molecule has 0 saturated carbocycles. The number of rotatable bonds is 8. The summed E-state index contributed by atoms with van der Waals surface area (Å²) in [5, 5.41) is 11.4. The Morgan fingerprint density at radius 2 is 1.72 bits per heavy atom. The van der Waals surface area contributed by atoms with E-state index in [1.165, 1.54) is 0 Å². The number of hydrogen-bond donors (Lipinski definition) is 1. The third-order valence-electron chi connectivity index (χ3n) is 4.00. The highest BCUT2D eigenvalue weighted by Gasteiger charge is 2.36. The van der Waals surface area contributed by atoms with Gasteiger partial charge in [0.2, 0.25) is 0 Å². The molecule has 2 aromatic carbocycles. The van der Waals surface area contributed by atoms with Crippen molar-refractivity contribution in [3.05, 3.63) is 58.6 Å². The van der Waals surface area contributed by atoms with Gasteiger partial charge < -0.3 is 14.5 Å². The second-order valence-electron chi connectivity index (χ2n) is 6.12. The van der Waals surface area contributed by atoms with Crippen molar-refractivity contribution < 1.29 is 14.2 Å². The van der Waals surface area contributed by atoms with E-state index in [4.69, 9.17) is 4.52 Å². The minimum atomic E-state index is -3.46. The Bertz CT molecular complexity index is 716. The van der Waals surface area contributed by atoms with Crippen LogP contribution in [0.4, 0.5) is 5.69 Å². The molecule has 1 N–H and O–H groups in total. The molecule has 4 nitrogen and oxygen atoms in total. The fourth-order valence-electron chi connectivity index (χ4n) is 2.42. The second kappa shape index (κ2) is 9.00. The van der Waals surface area contributed by atoms with Crippen LogP contribution < -0.4 is 10.2 Å². The molecule has 0 bridgehead atoms. The van der Waals surface area contributed by atoms with Crippen molar-refractivity contribution in [1.82, 2.24) is 0 Å². The Morgan fingerprint density at radius 1 is 1.12 bits per heavy atom. The summed E-state index contributed by atoms with van der Waals surface area (Å²) in [6.45, 7) is 2.40. The SMILES string of the molecule is CCCCO[P@](=O)(c1ccc(N(C)C)cc1)[C@@H](O)c1ccc(Br)cc1. The Morgan fingerprint density at radius 3 is 2.24 bits per heavy atom. The number of halogens is 1. The van der Waals surface area contributed by atoms with Crippen molar-refractivity contribution >= 4 is 34.3 Å². The van der Waals surface area contributed by atoms with Gasteiger partial charge in [0, 0.05) is 29.6 Å². The van der Waals surface area contributed by atoms with E-state index < -0.39 is 13.2 Å². The highest BCUT2D eigenvalue weighted by Crippen LogP contribution is 2.57. The van der Waals surface area contributed by atoms with Gasteiger partial charge >= 0.3 is 0 Å². The highest BCUT2D eigenvalue weighted by molar-refractivity contribution is 9.10. The van der Waals surface area contributed by atoms with Crippen LogP contribution in [-0.2, 0) is 9.09 Å². The molecule has 6 heteroatoms. The molecule has 0 spiro atoms. The molecule has 0 saturated heterocycles. The van der Waals surface area contributed by atoms with Crippen LogP contribution >= 0.6 is 23.3 Å². The van der Waals surface area contributed by atoms with Gasteiger partial charge in [-0.25, -0.2) is 0 Å². The van der Waals surface area contributed by atoms with E-state index in [9.17, 15) is 9.67 Å². The Kier molecular flexibility index (Phi) is 7.26. The van der Waals surface area contributed by atoms with Crippen molar-refractivity contribution in [3.8, 4) is 0 Å². The molecule has 2 aromatic rings. The smallest absolute Gasteiger partial charge is 0.264 e. The maximum atomic E-state index is 13.7. The zero-order valence-corrected chi connectivity index (χ0v) is 17.3. The number of unbranched alkanes of at least 4 members (excludes halogenated alkanes) is 1. The van der Waals surface area contributed by atoms with E-state index in [2.05, 4.69) is 15.9 Å². The van der Waals surface area contributed by atoms with Gasteiger partial charge in [-0.15, -0.1) is 0 Å². The Hall–Kier alpha value is -1.13. The molecule has 0 aromatic heterocycles. The van der Waals surface area contributed by atoms with Crippen molar-refractivity contribution in [2.75, 3.05) is 25.6 Å². The lowest BCUT2D eigenvalue weighted by Crippen LogP contribution is -2.16. The summed E-state index contributed by atoms with van der Waals surface area (Å²) in [6.07, 6.45) is 1.74. The summed E-state index contributed by atoms with van der Waals surface area (Å²) < 4.78 is 20.3. The first-order chi connectivity index (χ1) is 11.9. The summed E-state index contributed by atoms with van der Waals surface area (Å²) in [5.41, 5.74) is 1.58. The lowest BCUT2D eigenvalue weighted by atomic mass is 10.2.